The van der Waals surface area contributed by atoms with Crippen LogP contribution in [0, 0.1) is 0 Å². The number of carbonyl (C=O) groups excluding carboxylic acids is 1. The Balaban J connectivity index is 0.00000181. The lowest BCUT2D eigenvalue weighted by molar-refractivity contribution is 0.0636. The number of rotatable bonds is 5. The Morgan fingerprint density at radius 1 is 0.850 bits per heavy atom. The lowest BCUT2D eigenvalue weighted by Gasteiger charge is -2.19. The summed E-state index contributed by atoms with van der Waals surface area (Å²) in [7, 11) is 0. The number of benzene rings is 3. The lowest BCUT2D eigenvalue weighted by atomic mass is 10.2. The number of imidazole rings is 1. The summed E-state index contributed by atoms with van der Waals surface area (Å²) < 4.78 is 14.1. The summed E-state index contributed by atoms with van der Waals surface area (Å²) in [5.41, 5.74) is 7.34. The van der Waals surface area contributed by atoms with E-state index >= 15 is 0 Å². The number of aromatic nitrogens is 4. The molecule has 5 rings (SSSR count). The molecule has 2 heterocycles. The Kier molecular flexibility index (Phi) is 8.18. The van der Waals surface area contributed by atoms with Crippen molar-refractivity contribution in [2.24, 2.45) is 0 Å². The maximum absolute atomic E-state index is 13.8. The maximum Gasteiger partial charge on any atom is 0.412 e. The van der Waals surface area contributed by atoms with E-state index in [9.17, 15) is 9.59 Å². The Bertz CT molecular complexity index is 1670. The van der Waals surface area contributed by atoms with E-state index in [-0.39, 0.29) is 5.82 Å². The van der Waals surface area contributed by atoms with Crippen molar-refractivity contribution in [1.82, 2.24) is 19.1 Å². The molecule has 0 aliphatic heterocycles. The molecular formula is C30H32N6O4. The van der Waals surface area contributed by atoms with E-state index in [2.05, 4.69) is 15.3 Å². The Morgan fingerprint density at radius 2 is 1.52 bits per heavy atom. The minimum Gasteiger partial charge on any atom is -0.457 e. The molecule has 0 fully saturated rings. The van der Waals surface area contributed by atoms with Crippen LogP contribution in [0.15, 0.2) is 90.0 Å². The van der Waals surface area contributed by atoms with Crippen molar-refractivity contribution >= 4 is 28.8 Å². The van der Waals surface area contributed by atoms with Gasteiger partial charge >= 0.3 is 11.8 Å². The molecule has 1 amide bonds. The summed E-state index contributed by atoms with van der Waals surface area (Å²) in [4.78, 5) is 34.5. The van der Waals surface area contributed by atoms with E-state index in [1.807, 2.05) is 44.2 Å². The van der Waals surface area contributed by atoms with Gasteiger partial charge < -0.3 is 15.2 Å². The Morgan fingerprint density at radius 3 is 2.20 bits per heavy atom. The van der Waals surface area contributed by atoms with Crippen molar-refractivity contribution in [2.75, 3.05) is 11.1 Å². The van der Waals surface area contributed by atoms with Gasteiger partial charge in [-0.15, -0.1) is 0 Å². The molecule has 0 bridgehead atoms. The number of hydrogen-bond acceptors (Lipinski definition) is 7. The highest BCUT2D eigenvalue weighted by Gasteiger charge is 2.21. The molecular weight excluding hydrogens is 508 g/mol. The highest BCUT2D eigenvalue weighted by atomic mass is 16.6. The monoisotopic (exact) mass is 540 g/mol. The molecule has 10 nitrogen and oxygen atoms in total. The van der Waals surface area contributed by atoms with Gasteiger partial charge in [0.2, 0.25) is 0 Å². The SMILES string of the molecule is CC.CC(C)(C)OC(=O)Nc1cccc(-n2c(=O)n(-c3ccc(Oc4ccccc4)cc3)c3c(N)ncnc32)c1. The second kappa shape index (κ2) is 11.7. The predicted octanol–water partition coefficient (Wildman–Crippen LogP) is 6.32. The molecule has 0 atom stereocenters. The summed E-state index contributed by atoms with van der Waals surface area (Å²) in [6, 6.07) is 23.3. The summed E-state index contributed by atoms with van der Waals surface area (Å²) in [5, 5.41) is 2.70. The van der Waals surface area contributed by atoms with Gasteiger partial charge in [0.05, 0.1) is 11.4 Å². The molecule has 0 spiro atoms. The fourth-order valence-electron chi connectivity index (χ4n) is 3.95. The normalized spacial score (nSPS) is 10.9. The smallest absolute Gasteiger partial charge is 0.412 e. The van der Waals surface area contributed by atoms with E-state index in [1.165, 1.54) is 15.5 Å². The quantitative estimate of drug-likeness (QED) is 0.267. The number of nitrogens with zero attached hydrogens (tertiary/aromatic N) is 4. The van der Waals surface area contributed by atoms with E-state index < -0.39 is 17.4 Å². The molecule has 2 aromatic heterocycles. The van der Waals surface area contributed by atoms with E-state index in [0.717, 1.165) is 0 Å². The van der Waals surface area contributed by atoms with Crippen LogP contribution >= 0.6 is 0 Å². The molecule has 5 aromatic rings. The number of nitrogen functional groups attached to an aromatic ring is 1. The van der Waals surface area contributed by atoms with E-state index in [0.29, 0.717) is 39.7 Å². The first-order chi connectivity index (χ1) is 19.2. The minimum absolute atomic E-state index is 0.151. The highest BCUT2D eigenvalue weighted by molar-refractivity contribution is 5.87. The zero-order chi connectivity index (χ0) is 28.9. The Labute approximate surface area is 232 Å². The summed E-state index contributed by atoms with van der Waals surface area (Å²) in [5.74, 6) is 1.46. The first-order valence-corrected chi connectivity index (χ1v) is 12.9. The van der Waals surface area contributed by atoms with Crippen LogP contribution in [-0.4, -0.2) is 30.8 Å². The van der Waals surface area contributed by atoms with Gasteiger partial charge in [-0.1, -0.05) is 38.1 Å². The van der Waals surface area contributed by atoms with Crippen LogP contribution in [0.3, 0.4) is 0 Å². The molecule has 0 saturated heterocycles. The number of para-hydroxylation sites is 1. The van der Waals surface area contributed by atoms with Gasteiger partial charge in [0.15, 0.2) is 11.5 Å². The van der Waals surface area contributed by atoms with Gasteiger partial charge in [0.25, 0.3) is 0 Å². The van der Waals surface area contributed by atoms with Crippen LogP contribution in [0.4, 0.5) is 16.3 Å². The van der Waals surface area contributed by atoms with Crippen LogP contribution < -0.4 is 21.5 Å². The number of nitrogens with two attached hydrogens (primary N) is 1. The van der Waals surface area contributed by atoms with Gasteiger partial charge in [0, 0.05) is 5.69 Å². The number of nitrogens with one attached hydrogen (secondary N) is 1. The van der Waals surface area contributed by atoms with Crippen LogP contribution in [0.2, 0.25) is 0 Å². The third-order valence-corrected chi connectivity index (χ3v) is 5.47. The van der Waals surface area contributed by atoms with Gasteiger partial charge in [-0.3, -0.25) is 9.88 Å². The zero-order valence-corrected chi connectivity index (χ0v) is 23.1. The average molecular weight is 541 g/mol. The summed E-state index contributed by atoms with van der Waals surface area (Å²) in [6.45, 7) is 9.34. The molecule has 3 N–H and O–H groups in total. The van der Waals surface area contributed by atoms with Gasteiger partial charge in [-0.05, 0) is 75.4 Å². The third kappa shape index (κ3) is 6.12. The third-order valence-electron chi connectivity index (χ3n) is 5.47. The molecule has 0 unspecified atom stereocenters. The maximum atomic E-state index is 13.8. The first-order valence-electron chi connectivity index (χ1n) is 12.9. The average Bonchev–Trinajstić information content (AvgIpc) is 3.23. The predicted molar refractivity (Wildman–Crippen MR) is 157 cm³/mol. The first kappa shape index (κ1) is 27.9. The molecule has 0 aliphatic rings. The number of anilines is 2. The summed E-state index contributed by atoms with van der Waals surface area (Å²) >= 11 is 0. The number of ether oxygens (including phenoxy) is 2. The molecule has 3 aromatic carbocycles. The minimum atomic E-state index is -0.651. The number of carbonyl (C=O) groups is 1. The van der Waals surface area contributed by atoms with Crippen molar-refractivity contribution < 1.29 is 14.3 Å². The van der Waals surface area contributed by atoms with Crippen LogP contribution in [0.1, 0.15) is 34.6 Å². The number of hydrogen-bond donors (Lipinski definition) is 2. The van der Waals surface area contributed by atoms with Gasteiger partial charge in [0.1, 0.15) is 28.9 Å². The van der Waals surface area contributed by atoms with Crippen molar-refractivity contribution in [3.05, 3.63) is 95.7 Å². The topological polar surface area (TPSA) is 126 Å². The van der Waals surface area contributed by atoms with Crippen LogP contribution in [0.5, 0.6) is 11.5 Å². The highest BCUT2D eigenvalue weighted by Crippen LogP contribution is 2.26. The summed E-state index contributed by atoms with van der Waals surface area (Å²) in [6.07, 6.45) is 0.700. The van der Waals surface area contributed by atoms with Crippen LogP contribution in [-0.2, 0) is 4.74 Å². The van der Waals surface area contributed by atoms with Crippen molar-refractivity contribution in [2.45, 2.75) is 40.2 Å². The second-order valence-electron chi connectivity index (χ2n) is 9.47. The Hall–Kier alpha value is -5.12. The van der Waals surface area contributed by atoms with E-state index in [4.69, 9.17) is 15.2 Å². The standard InChI is InChI=1S/C28H26N6O4.C2H6/c1-28(2,3)38-26(35)32-18-8-7-9-20(16-18)34-25-23(24(29)30-17-31-25)33(27(34)36)19-12-14-22(15-13-19)37-21-10-5-4-6-11-21;1-2/h4-17H,1-3H3,(H,32,35)(H2,29,30,31);1-2H3. The van der Waals surface area contributed by atoms with Crippen molar-refractivity contribution in [3.8, 4) is 22.9 Å². The van der Waals surface area contributed by atoms with Gasteiger partial charge in [-0.2, -0.15) is 0 Å². The fraction of sp³-hybridized carbons (Fsp3) is 0.200. The lowest BCUT2D eigenvalue weighted by Crippen LogP contribution is -2.27. The molecule has 40 heavy (non-hydrogen) atoms. The van der Waals surface area contributed by atoms with Crippen LogP contribution in [0.25, 0.3) is 22.5 Å². The number of amides is 1. The molecule has 0 radical (unpaired) electrons. The van der Waals surface area contributed by atoms with Crippen molar-refractivity contribution in [3.63, 3.8) is 0 Å². The molecule has 206 valence electrons. The van der Waals surface area contributed by atoms with E-state index in [1.54, 1.807) is 69.3 Å². The van der Waals surface area contributed by atoms with Gasteiger partial charge in [-0.25, -0.2) is 24.1 Å². The zero-order valence-electron chi connectivity index (χ0n) is 23.1. The largest absolute Gasteiger partial charge is 0.457 e. The number of fused-ring (bicyclic) bond motifs is 1. The second-order valence-corrected chi connectivity index (χ2v) is 9.47. The molecule has 0 aliphatic carbocycles. The molecule has 10 heteroatoms. The fourth-order valence-corrected chi connectivity index (χ4v) is 3.95. The van der Waals surface area contributed by atoms with Crippen molar-refractivity contribution in [1.29, 1.82) is 0 Å². The molecule has 0 saturated carbocycles.